The van der Waals surface area contributed by atoms with E-state index in [1.165, 1.54) is 11.8 Å². The zero-order valence-corrected chi connectivity index (χ0v) is 19.0. The van der Waals surface area contributed by atoms with Gasteiger partial charge in [0.1, 0.15) is 0 Å². The van der Waals surface area contributed by atoms with Crippen LogP contribution in [0.2, 0.25) is 0 Å². The Bertz CT molecular complexity index is 902. The molecular weight excluding hydrogens is 398 g/mol. The normalized spacial score (nSPS) is 18.2. The largest absolute Gasteiger partial charge is 0.459 e. The molecule has 1 aromatic rings. The van der Waals surface area contributed by atoms with Gasteiger partial charge in [0.05, 0.1) is 29.8 Å². The molecule has 2 heterocycles. The summed E-state index contributed by atoms with van der Waals surface area (Å²) in [4.78, 5) is 34.4. The smallest absolute Gasteiger partial charge is 0.338 e. The highest BCUT2D eigenvalue weighted by Crippen LogP contribution is 2.44. The Hall–Kier alpha value is -2.54. The summed E-state index contributed by atoms with van der Waals surface area (Å²) in [6, 6.07) is 9.47. The Morgan fingerprint density at radius 2 is 1.87 bits per heavy atom. The van der Waals surface area contributed by atoms with Crippen LogP contribution < -0.4 is 0 Å². The molecule has 0 spiro atoms. The minimum atomic E-state index is -0.379. The van der Waals surface area contributed by atoms with Crippen LogP contribution >= 0.6 is 11.8 Å². The molecular formula is C23H29N3O3S. The van der Waals surface area contributed by atoms with Crippen molar-refractivity contribution in [2.45, 2.75) is 53.2 Å². The molecule has 1 atom stereocenters. The van der Waals surface area contributed by atoms with Crippen LogP contribution in [0.1, 0.15) is 52.6 Å². The SMILES string of the molecule is CCN(CC)C(=O)CC1=CSC2=NC(C)=C(C(=O)OC(C)C)C(c3ccccc3)N12. The summed E-state index contributed by atoms with van der Waals surface area (Å²) in [6.07, 6.45) is 0.0367. The number of ether oxygens (including phenoxy) is 1. The lowest BCUT2D eigenvalue weighted by atomic mass is 9.94. The van der Waals surface area contributed by atoms with Crippen LogP contribution in [0.5, 0.6) is 0 Å². The zero-order chi connectivity index (χ0) is 21.8. The first-order valence-electron chi connectivity index (χ1n) is 10.3. The third-order valence-electron chi connectivity index (χ3n) is 5.13. The molecule has 3 rings (SSSR count). The summed E-state index contributed by atoms with van der Waals surface area (Å²) >= 11 is 1.49. The molecule has 0 fully saturated rings. The van der Waals surface area contributed by atoms with Gasteiger partial charge in [-0.2, -0.15) is 0 Å². The van der Waals surface area contributed by atoms with Crippen molar-refractivity contribution in [3.05, 3.63) is 58.3 Å². The first kappa shape index (κ1) is 22.2. The number of amidine groups is 1. The molecule has 7 heteroatoms. The highest BCUT2D eigenvalue weighted by molar-refractivity contribution is 8.16. The van der Waals surface area contributed by atoms with E-state index in [-0.39, 0.29) is 30.4 Å². The minimum absolute atomic E-state index is 0.0671. The Morgan fingerprint density at radius 3 is 2.47 bits per heavy atom. The zero-order valence-electron chi connectivity index (χ0n) is 18.2. The monoisotopic (exact) mass is 427 g/mol. The number of carbonyl (C=O) groups is 2. The highest BCUT2D eigenvalue weighted by atomic mass is 32.2. The molecule has 6 nitrogen and oxygen atoms in total. The van der Waals surface area contributed by atoms with Crippen molar-refractivity contribution in [3.63, 3.8) is 0 Å². The van der Waals surface area contributed by atoms with Gasteiger partial charge in [0.2, 0.25) is 5.91 Å². The average molecular weight is 428 g/mol. The number of rotatable bonds is 7. The second kappa shape index (κ2) is 9.51. The summed E-state index contributed by atoms with van der Waals surface area (Å²) in [6.45, 7) is 10.8. The number of benzene rings is 1. The second-order valence-corrected chi connectivity index (χ2v) is 8.34. The number of aliphatic imine (C=N–C) groups is 1. The molecule has 0 saturated heterocycles. The summed E-state index contributed by atoms with van der Waals surface area (Å²) in [7, 11) is 0. The quantitative estimate of drug-likeness (QED) is 0.601. The average Bonchev–Trinajstić information content (AvgIpc) is 3.09. The first-order valence-corrected chi connectivity index (χ1v) is 11.2. The van der Waals surface area contributed by atoms with Crippen molar-refractivity contribution in [3.8, 4) is 0 Å². The van der Waals surface area contributed by atoms with Gasteiger partial charge in [0.15, 0.2) is 5.17 Å². The van der Waals surface area contributed by atoms with Crippen LogP contribution in [-0.4, -0.2) is 46.0 Å². The molecule has 0 aliphatic carbocycles. The number of hydrogen-bond acceptors (Lipinski definition) is 6. The third kappa shape index (κ3) is 4.46. The maximum Gasteiger partial charge on any atom is 0.338 e. The maximum atomic E-state index is 13.0. The number of thioether (sulfide) groups is 1. The van der Waals surface area contributed by atoms with Crippen LogP contribution in [0, 0.1) is 0 Å². The third-order valence-corrected chi connectivity index (χ3v) is 6.02. The number of amides is 1. The number of esters is 1. The van der Waals surface area contributed by atoms with Crippen LogP contribution in [0.15, 0.2) is 57.7 Å². The standard InChI is InChI=1S/C23H29N3O3S/c1-6-25(7-2)19(27)13-18-14-30-23-24-16(5)20(22(28)29-15(3)4)21(26(18)23)17-11-9-8-10-12-17/h8-12,14-15,21H,6-7,13H2,1-5H3. The van der Waals surface area contributed by atoms with Gasteiger partial charge in [0.25, 0.3) is 0 Å². The van der Waals surface area contributed by atoms with E-state index in [1.54, 1.807) is 0 Å². The Morgan fingerprint density at radius 1 is 1.20 bits per heavy atom. The number of fused-ring (bicyclic) bond motifs is 1. The second-order valence-electron chi connectivity index (χ2n) is 7.50. The van der Waals surface area contributed by atoms with E-state index >= 15 is 0 Å². The molecule has 1 amide bonds. The topological polar surface area (TPSA) is 62.2 Å². The Kier molecular flexibility index (Phi) is 7.02. The summed E-state index contributed by atoms with van der Waals surface area (Å²) in [5.41, 5.74) is 2.98. The van der Waals surface area contributed by atoms with Gasteiger partial charge < -0.3 is 14.5 Å². The predicted octanol–water partition coefficient (Wildman–Crippen LogP) is 4.47. The minimum Gasteiger partial charge on any atom is -0.459 e. The molecule has 0 radical (unpaired) electrons. The first-order chi connectivity index (χ1) is 14.4. The van der Waals surface area contributed by atoms with E-state index in [0.29, 0.717) is 24.4 Å². The highest BCUT2D eigenvalue weighted by Gasteiger charge is 2.41. The van der Waals surface area contributed by atoms with Crippen LogP contribution in [0.3, 0.4) is 0 Å². The van der Waals surface area contributed by atoms with Gasteiger partial charge >= 0.3 is 5.97 Å². The van der Waals surface area contributed by atoms with Crippen molar-refractivity contribution in [2.75, 3.05) is 13.1 Å². The molecule has 0 bridgehead atoms. The van der Waals surface area contributed by atoms with Crippen molar-refractivity contribution < 1.29 is 14.3 Å². The van der Waals surface area contributed by atoms with E-state index in [0.717, 1.165) is 16.4 Å². The Labute approximate surface area is 182 Å². The van der Waals surface area contributed by atoms with Gasteiger partial charge in [-0.3, -0.25) is 4.79 Å². The predicted molar refractivity (Wildman–Crippen MR) is 121 cm³/mol. The van der Waals surface area contributed by atoms with E-state index in [9.17, 15) is 9.59 Å². The van der Waals surface area contributed by atoms with Crippen molar-refractivity contribution in [2.24, 2.45) is 4.99 Å². The number of allylic oxidation sites excluding steroid dienone is 1. The van der Waals surface area contributed by atoms with Crippen LogP contribution in [0.25, 0.3) is 0 Å². The van der Waals surface area contributed by atoms with E-state index in [4.69, 9.17) is 4.74 Å². The van der Waals surface area contributed by atoms with Crippen LogP contribution in [0.4, 0.5) is 0 Å². The maximum absolute atomic E-state index is 13.0. The van der Waals surface area contributed by atoms with Gasteiger partial charge in [-0.25, -0.2) is 9.79 Å². The molecule has 2 aliphatic heterocycles. The number of hydrogen-bond donors (Lipinski definition) is 0. The lowest BCUT2D eigenvalue weighted by molar-refractivity contribution is -0.143. The molecule has 0 aromatic heterocycles. The van der Waals surface area contributed by atoms with Crippen molar-refractivity contribution in [1.29, 1.82) is 0 Å². The summed E-state index contributed by atoms with van der Waals surface area (Å²) < 4.78 is 5.56. The van der Waals surface area contributed by atoms with Crippen molar-refractivity contribution >= 4 is 28.8 Å². The molecule has 30 heavy (non-hydrogen) atoms. The summed E-state index contributed by atoms with van der Waals surface area (Å²) in [5, 5.41) is 2.75. The molecule has 0 saturated carbocycles. The van der Waals surface area contributed by atoms with E-state index in [1.807, 2.05) is 80.2 Å². The molecule has 2 aliphatic rings. The molecule has 0 N–H and O–H groups in total. The molecule has 1 unspecified atom stereocenters. The van der Waals surface area contributed by atoms with Gasteiger partial charge in [-0.05, 0) is 45.6 Å². The Balaban J connectivity index is 2.02. The van der Waals surface area contributed by atoms with Crippen molar-refractivity contribution in [1.82, 2.24) is 9.80 Å². The van der Waals surface area contributed by atoms with Gasteiger partial charge in [-0.1, -0.05) is 42.1 Å². The van der Waals surface area contributed by atoms with E-state index < -0.39 is 0 Å². The lowest BCUT2D eigenvalue weighted by Gasteiger charge is -2.36. The number of nitrogens with zero attached hydrogens (tertiary/aromatic N) is 3. The number of carbonyl (C=O) groups excluding carboxylic acids is 2. The van der Waals surface area contributed by atoms with Gasteiger partial charge in [0, 0.05) is 18.8 Å². The van der Waals surface area contributed by atoms with Gasteiger partial charge in [-0.15, -0.1) is 0 Å². The molecule has 1 aromatic carbocycles. The van der Waals surface area contributed by atoms with Crippen LogP contribution in [-0.2, 0) is 14.3 Å². The fraction of sp³-hybridized carbons (Fsp3) is 0.435. The fourth-order valence-corrected chi connectivity index (χ4v) is 4.67. The molecule has 160 valence electrons. The van der Waals surface area contributed by atoms with E-state index in [2.05, 4.69) is 4.99 Å². The summed E-state index contributed by atoms with van der Waals surface area (Å²) in [5.74, 6) is -0.303. The lowest BCUT2D eigenvalue weighted by Crippen LogP contribution is -2.39. The fourth-order valence-electron chi connectivity index (χ4n) is 3.70.